The molecule has 0 aromatic heterocycles. The highest BCUT2D eigenvalue weighted by Crippen LogP contribution is 2.50. The lowest BCUT2D eigenvalue weighted by Gasteiger charge is -2.42. The van der Waals surface area contributed by atoms with Gasteiger partial charge in [0.05, 0.1) is 18.3 Å². The van der Waals surface area contributed by atoms with Gasteiger partial charge in [0.2, 0.25) is 5.75 Å². The Kier molecular flexibility index (Phi) is 4.28. The highest BCUT2D eigenvalue weighted by molar-refractivity contribution is 6.02. The van der Waals surface area contributed by atoms with Crippen molar-refractivity contribution in [2.45, 2.75) is 45.1 Å². The van der Waals surface area contributed by atoms with E-state index in [1.54, 1.807) is 25.1 Å². The number of fused-ring (bicyclic) bond motifs is 1. The molecule has 2 aliphatic rings. The van der Waals surface area contributed by atoms with Crippen LogP contribution < -0.4 is 14.2 Å². The average molecular weight is 413 g/mol. The topological polar surface area (TPSA) is 82.1 Å². The maximum absolute atomic E-state index is 12.3. The Morgan fingerprint density at radius 3 is 2.50 bits per heavy atom. The number of benzene rings is 2. The molecule has 1 N–H and O–H groups in total. The first-order chi connectivity index (χ1) is 15.6. The molecule has 0 amide bonds. The van der Waals surface area contributed by atoms with Gasteiger partial charge >= 0.3 is 5.97 Å². The van der Waals surface area contributed by atoms with Gasteiger partial charge in [-0.1, -0.05) is 24.6 Å². The van der Waals surface area contributed by atoms with Gasteiger partial charge in [0.15, 0.2) is 17.3 Å². The second-order valence-electron chi connectivity index (χ2n) is 7.91. The number of carboxylic acids is 1. The number of Topliss-reactive ketones (excluding diaryl/α,β-unsaturated/α-hetero) is 1. The number of rotatable bonds is 7. The van der Waals surface area contributed by atoms with E-state index in [2.05, 4.69) is 0 Å². The maximum atomic E-state index is 12.3. The van der Waals surface area contributed by atoms with Crippen LogP contribution in [-0.2, 0) is 11.2 Å². The van der Waals surface area contributed by atoms with E-state index >= 15 is 0 Å². The summed E-state index contributed by atoms with van der Waals surface area (Å²) >= 11 is 0. The van der Waals surface area contributed by atoms with E-state index in [1.165, 1.54) is 13.2 Å². The molecule has 0 radical (unpaired) electrons. The number of methoxy groups -OCH3 is 2. The van der Waals surface area contributed by atoms with Crippen LogP contribution in [0.15, 0.2) is 30.3 Å². The van der Waals surface area contributed by atoms with Crippen LogP contribution in [0, 0.1) is 5.41 Å². The molecule has 0 aliphatic heterocycles. The molecular weight excluding hydrogens is 384 g/mol. The zero-order valence-electron chi connectivity index (χ0n) is 20.0. The van der Waals surface area contributed by atoms with Gasteiger partial charge in [-0.15, -0.1) is 0 Å². The highest BCUT2D eigenvalue weighted by Gasteiger charge is 2.50. The van der Waals surface area contributed by atoms with Crippen molar-refractivity contribution in [1.29, 1.82) is 0 Å². The molecule has 2 aliphatic carbocycles. The van der Waals surface area contributed by atoms with Crippen LogP contribution in [-0.4, -0.2) is 37.1 Å². The fourth-order valence-corrected chi connectivity index (χ4v) is 4.53. The SMILES string of the molecule is [2H]C([2H])([2H])Oc1ccc(-c2cccc3c2CCC3=O)c(OC(C)C2(C(=O)O)CCC2)c1OC. The molecule has 0 spiro atoms. The van der Waals surface area contributed by atoms with Gasteiger partial charge in [-0.2, -0.15) is 0 Å². The van der Waals surface area contributed by atoms with Crippen LogP contribution in [0.3, 0.4) is 0 Å². The molecule has 30 heavy (non-hydrogen) atoms. The first kappa shape index (κ1) is 16.7. The van der Waals surface area contributed by atoms with Gasteiger partial charge in [0.1, 0.15) is 11.5 Å². The summed E-state index contributed by atoms with van der Waals surface area (Å²) in [6.07, 6.45) is 2.05. The molecule has 0 bridgehead atoms. The van der Waals surface area contributed by atoms with E-state index in [4.69, 9.17) is 18.3 Å². The lowest BCUT2D eigenvalue weighted by Crippen LogP contribution is -2.49. The van der Waals surface area contributed by atoms with Gasteiger partial charge < -0.3 is 19.3 Å². The van der Waals surface area contributed by atoms with E-state index in [0.717, 1.165) is 17.5 Å². The summed E-state index contributed by atoms with van der Waals surface area (Å²) in [5.74, 6) is -0.631. The summed E-state index contributed by atoms with van der Waals surface area (Å²) in [7, 11) is -1.34. The molecule has 1 atom stereocenters. The number of hydrogen-bond donors (Lipinski definition) is 1. The lowest BCUT2D eigenvalue weighted by molar-refractivity contribution is -0.162. The van der Waals surface area contributed by atoms with Crippen molar-refractivity contribution in [1.82, 2.24) is 0 Å². The molecule has 1 fully saturated rings. The third kappa shape index (κ3) is 3.02. The second kappa shape index (κ2) is 7.67. The lowest BCUT2D eigenvalue weighted by atomic mass is 9.65. The Labute approximate surface area is 180 Å². The van der Waals surface area contributed by atoms with Crippen molar-refractivity contribution in [2.75, 3.05) is 14.1 Å². The summed E-state index contributed by atoms with van der Waals surface area (Å²) in [5, 5.41) is 9.86. The third-order valence-electron chi connectivity index (χ3n) is 6.50. The third-order valence-corrected chi connectivity index (χ3v) is 6.50. The first-order valence-corrected chi connectivity index (χ1v) is 10.0. The smallest absolute Gasteiger partial charge is 0.313 e. The van der Waals surface area contributed by atoms with Gasteiger partial charge in [-0.3, -0.25) is 9.59 Å². The van der Waals surface area contributed by atoms with Crippen LogP contribution in [0.25, 0.3) is 11.1 Å². The number of ether oxygens (including phenoxy) is 3. The average Bonchev–Trinajstić information content (AvgIpc) is 3.07. The molecule has 0 saturated heterocycles. The minimum absolute atomic E-state index is 0.0370. The second-order valence-corrected chi connectivity index (χ2v) is 7.91. The van der Waals surface area contributed by atoms with Crippen molar-refractivity contribution in [3.8, 4) is 28.4 Å². The van der Waals surface area contributed by atoms with E-state index in [0.29, 0.717) is 36.8 Å². The van der Waals surface area contributed by atoms with Crippen molar-refractivity contribution in [3.05, 3.63) is 41.5 Å². The van der Waals surface area contributed by atoms with Crippen LogP contribution in [0.2, 0.25) is 0 Å². The monoisotopic (exact) mass is 413 g/mol. The summed E-state index contributed by atoms with van der Waals surface area (Å²) in [6.45, 7) is 1.70. The maximum Gasteiger partial charge on any atom is 0.313 e. The number of carbonyl (C=O) groups is 2. The van der Waals surface area contributed by atoms with E-state index < -0.39 is 24.5 Å². The molecule has 2 aromatic rings. The molecule has 6 nitrogen and oxygen atoms in total. The molecule has 2 aromatic carbocycles. The summed E-state index contributed by atoms with van der Waals surface area (Å²) in [4.78, 5) is 24.3. The molecule has 6 heteroatoms. The molecule has 4 rings (SSSR count). The predicted octanol–water partition coefficient (Wildman–Crippen LogP) is 4.52. The number of carboxylic acid groups (broad SMARTS) is 1. The summed E-state index contributed by atoms with van der Waals surface area (Å²) in [6, 6.07) is 8.59. The Balaban J connectivity index is 1.87. The minimum Gasteiger partial charge on any atom is -0.493 e. The van der Waals surface area contributed by atoms with Crippen molar-refractivity contribution in [3.63, 3.8) is 0 Å². The van der Waals surface area contributed by atoms with Crippen LogP contribution >= 0.6 is 0 Å². The van der Waals surface area contributed by atoms with E-state index in [-0.39, 0.29) is 23.0 Å². The van der Waals surface area contributed by atoms with Crippen molar-refractivity contribution in [2.24, 2.45) is 5.41 Å². The van der Waals surface area contributed by atoms with Gasteiger partial charge in [-0.05, 0) is 49.4 Å². The molecular formula is C24H26O6. The van der Waals surface area contributed by atoms with Crippen LogP contribution in [0.4, 0.5) is 0 Å². The predicted molar refractivity (Wildman–Crippen MR) is 112 cm³/mol. The quantitative estimate of drug-likeness (QED) is 0.719. The number of hydrogen-bond acceptors (Lipinski definition) is 5. The van der Waals surface area contributed by atoms with Crippen LogP contribution in [0.1, 0.15) is 52.6 Å². The van der Waals surface area contributed by atoms with Crippen LogP contribution in [0.5, 0.6) is 17.2 Å². The van der Waals surface area contributed by atoms with Gasteiger partial charge in [0, 0.05) is 17.5 Å². The van der Waals surface area contributed by atoms with Gasteiger partial charge in [-0.25, -0.2) is 0 Å². The zero-order valence-corrected chi connectivity index (χ0v) is 17.0. The molecule has 0 heterocycles. The Hall–Kier alpha value is -3.02. The number of aliphatic carboxylic acids is 1. The Morgan fingerprint density at radius 2 is 1.87 bits per heavy atom. The largest absolute Gasteiger partial charge is 0.493 e. The minimum atomic E-state index is -2.71. The standard InChI is InChI=1S/C24H26O6/c1-14(24(23(26)27)12-5-13-24)30-21-18(9-11-20(28-2)22(21)29-3)15-6-4-7-17-16(15)8-10-19(17)25/h4,6-7,9,11,14H,5,8,10,12-13H2,1-3H3,(H,26,27)/i2D3. The summed E-state index contributed by atoms with van der Waals surface area (Å²) in [5.41, 5.74) is 1.84. The van der Waals surface area contributed by atoms with Gasteiger partial charge in [0.25, 0.3) is 0 Å². The van der Waals surface area contributed by atoms with Crippen molar-refractivity contribution >= 4 is 11.8 Å². The fourth-order valence-electron chi connectivity index (χ4n) is 4.53. The van der Waals surface area contributed by atoms with E-state index in [1.807, 2.05) is 6.07 Å². The van der Waals surface area contributed by atoms with E-state index in [9.17, 15) is 14.7 Å². The zero-order chi connectivity index (χ0) is 24.0. The Morgan fingerprint density at radius 1 is 1.10 bits per heavy atom. The normalized spacial score (nSPS) is 19.5. The molecule has 1 unspecified atom stereocenters. The van der Waals surface area contributed by atoms with Crippen molar-refractivity contribution < 1.29 is 33.0 Å². The summed E-state index contributed by atoms with van der Waals surface area (Å²) < 4.78 is 39.4. The molecule has 158 valence electrons. The first-order valence-electron chi connectivity index (χ1n) is 11.5. The Bertz CT molecular complexity index is 1100. The fraction of sp³-hybridized carbons (Fsp3) is 0.417. The number of ketones is 1. The number of carbonyl (C=O) groups excluding carboxylic acids is 1. The highest BCUT2D eigenvalue weighted by atomic mass is 16.5. The molecule has 1 saturated carbocycles.